The van der Waals surface area contributed by atoms with E-state index in [4.69, 9.17) is 6.85 Å². The van der Waals surface area contributed by atoms with Crippen LogP contribution in [0.5, 0.6) is 11.5 Å². The van der Waals surface area contributed by atoms with Gasteiger partial charge in [0.25, 0.3) is 0 Å². The molecule has 0 bridgehead atoms. The van der Waals surface area contributed by atoms with E-state index in [1.54, 1.807) is 25.1 Å². The first-order valence-corrected chi connectivity index (χ1v) is 7.46. The first-order chi connectivity index (χ1) is 12.1. The van der Waals surface area contributed by atoms with E-state index in [1.165, 1.54) is 0 Å². The van der Waals surface area contributed by atoms with E-state index in [0.717, 1.165) is 12.0 Å². The quantitative estimate of drug-likeness (QED) is 0.761. The number of hydrogen-bond donors (Lipinski definition) is 2. The Labute approximate surface area is 134 Å². The molecular weight excluding hydrogens is 260 g/mol. The molecule has 21 heavy (non-hydrogen) atoms. The number of aryl methyl sites for hydroxylation is 1. The van der Waals surface area contributed by atoms with Crippen LogP contribution in [-0.4, -0.2) is 10.2 Å². The fraction of sp³-hybridized carbons (Fsp3) is 0.474. The van der Waals surface area contributed by atoms with Crippen molar-refractivity contribution in [3.63, 3.8) is 0 Å². The van der Waals surface area contributed by atoms with Gasteiger partial charge in [0.2, 0.25) is 0 Å². The number of aromatic hydroxyl groups is 2. The monoisotopic (exact) mass is 291 g/mol. The van der Waals surface area contributed by atoms with Crippen molar-refractivity contribution >= 4 is 0 Å². The van der Waals surface area contributed by atoms with Crippen molar-refractivity contribution in [2.24, 2.45) is 5.92 Å². The largest absolute Gasteiger partial charge is 0.507 e. The molecule has 0 amide bonds. The number of allylic oxidation sites excluding steroid dienone is 3. The molecule has 1 aromatic carbocycles. The van der Waals surface area contributed by atoms with Gasteiger partial charge in [-0.15, -0.1) is 0 Å². The van der Waals surface area contributed by atoms with E-state index in [1.807, 2.05) is 6.92 Å². The van der Waals surface area contributed by atoms with Crippen LogP contribution in [0.25, 0.3) is 0 Å². The first-order valence-electron chi connectivity index (χ1n) is 9.96. The van der Waals surface area contributed by atoms with E-state index in [2.05, 4.69) is 0 Å². The predicted molar refractivity (Wildman–Crippen MR) is 87.8 cm³/mol. The number of hydrogen-bond acceptors (Lipinski definition) is 2. The van der Waals surface area contributed by atoms with Gasteiger partial charge in [-0.1, -0.05) is 37.1 Å². The summed E-state index contributed by atoms with van der Waals surface area (Å²) in [5, 5.41) is 21.1. The highest BCUT2D eigenvalue weighted by atomic mass is 16.3. The highest BCUT2D eigenvalue weighted by Gasteiger charge is 2.29. The predicted octanol–water partition coefficient (Wildman–Crippen LogP) is 5.07. The van der Waals surface area contributed by atoms with Gasteiger partial charge >= 0.3 is 0 Å². The molecule has 0 aromatic heterocycles. The molecule has 0 spiro atoms. The minimum atomic E-state index is -2.24. The molecule has 1 aliphatic rings. The molecule has 2 N–H and O–H groups in total. The summed E-state index contributed by atoms with van der Waals surface area (Å²) in [7, 11) is 0. The third-order valence-electron chi connectivity index (χ3n) is 4.16. The minimum absolute atomic E-state index is 0.0733. The normalized spacial score (nSPS) is 25.8. The average molecular weight is 291 g/mol. The SMILES string of the molecule is [2H]C([2H])=C(C)C1CCC(C([2H])([2H])[2H])=CC1c1c(O)cc(CCC)cc1O. The second kappa shape index (κ2) is 6.38. The van der Waals surface area contributed by atoms with Crippen LogP contribution in [-0.2, 0) is 6.42 Å². The van der Waals surface area contributed by atoms with Gasteiger partial charge in [-0.2, -0.15) is 0 Å². The minimum Gasteiger partial charge on any atom is -0.507 e. The molecule has 2 rings (SSSR count). The summed E-state index contributed by atoms with van der Waals surface area (Å²) in [6, 6.07) is 3.21. The maximum absolute atomic E-state index is 10.5. The topological polar surface area (TPSA) is 40.5 Å². The van der Waals surface area contributed by atoms with Crippen molar-refractivity contribution in [3.05, 3.63) is 47.0 Å². The molecule has 0 radical (unpaired) electrons. The lowest BCUT2D eigenvalue weighted by atomic mass is 9.73. The van der Waals surface area contributed by atoms with E-state index in [9.17, 15) is 10.2 Å². The van der Waals surface area contributed by atoms with Crippen LogP contribution >= 0.6 is 0 Å². The molecule has 0 saturated heterocycles. The summed E-state index contributed by atoms with van der Waals surface area (Å²) in [6.45, 7) is 1.13. The van der Waals surface area contributed by atoms with Crippen molar-refractivity contribution in [2.75, 3.05) is 0 Å². The van der Waals surface area contributed by atoms with Crippen molar-refractivity contribution in [3.8, 4) is 11.5 Å². The number of phenolic OH excluding ortho intramolecular Hbond substituents is 2. The molecule has 2 heteroatoms. The summed E-state index contributed by atoms with van der Waals surface area (Å²) in [4.78, 5) is 0. The lowest BCUT2D eigenvalue weighted by Crippen LogP contribution is -2.17. The third kappa shape index (κ3) is 3.31. The Bertz CT molecular complexity index is 707. The number of rotatable bonds is 4. The van der Waals surface area contributed by atoms with E-state index in [0.29, 0.717) is 30.4 Å². The van der Waals surface area contributed by atoms with Crippen molar-refractivity contribution in [2.45, 2.75) is 52.3 Å². The van der Waals surface area contributed by atoms with E-state index < -0.39 is 12.8 Å². The Morgan fingerprint density at radius 3 is 2.71 bits per heavy atom. The zero-order chi connectivity index (χ0) is 19.6. The second-order valence-electron chi connectivity index (χ2n) is 5.84. The van der Waals surface area contributed by atoms with E-state index >= 15 is 0 Å². The summed E-state index contributed by atoms with van der Waals surface area (Å²) in [6.07, 6.45) is 3.97. The molecule has 1 aromatic rings. The molecule has 2 atom stereocenters. The summed E-state index contributed by atoms with van der Waals surface area (Å²) < 4.78 is 38.3. The number of phenols is 2. The average Bonchev–Trinajstić information content (AvgIpc) is 2.52. The van der Waals surface area contributed by atoms with Gasteiger partial charge in [0.15, 0.2) is 0 Å². The molecule has 0 aliphatic heterocycles. The zero-order valence-corrected chi connectivity index (χ0v) is 12.6. The van der Waals surface area contributed by atoms with E-state index in [-0.39, 0.29) is 29.5 Å². The first kappa shape index (κ1) is 10.1. The van der Waals surface area contributed by atoms with Gasteiger partial charge in [0.1, 0.15) is 11.5 Å². The van der Waals surface area contributed by atoms with Gasteiger partial charge in [0, 0.05) is 15.6 Å². The van der Waals surface area contributed by atoms with Crippen LogP contribution in [0.15, 0.2) is 35.9 Å². The Hall–Kier alpha value is -1.70. The highest BCUT2D eigenvalue weighted by Crippen LogP contribution is 2.46. The summed E-state index contributed by atoms with van der Waals surface area (Å²) in [5.74, 6) is -1.04. The Kier molecular flexibility index (Phi) is 3.07. The third-order valence-corrected chi connectivity index (χ3v) is 4.16. The fourth-order valence-electron chi connectivity index (χ4n) is 3.13. The highest BCUT2D eigenvalue weighted by molar-refractivity contribution is 5.51. The van der Waals surface area contributed by atoms with Crippen LogP contribution in [0.4, 0.5) is 0 Å². The van der Waals surface area contributed by atoms with Gasteiger partial charge < -0.3 is 10.2 Å². The summed E-state index contributed by atoms with van der Waals surface area (Å²) in [5.41, 5.74) is 1.90. The second-order valence-corrected chi connectivity index (χ2v) is 5.84. The Morgan fingerprint density at radius 1 is 1.43 bits per heavy atom. The van der Waals surface area contributed by atoms with Crippen LogP contribution in [0.2, 0.25) is 0 Å². The van der Waals surface area contributed by atoms with Crippen molar-refractivity contribution in [1.29, 1.82) is 0 Å². The Balaban J connectivity index is 2.61. The Morgan fingerprint density at radius 2 is 2.14 bits per heavy atom. The van der Waals surface area contributed by atoms with Crippen LogP contribution in [0.3, 0.4) is 0 Å². The molecule has 0 heterocycles. The molecule has 2 unspecified atom stereocenters. The smallest absolute Gasteiger partial charge is 0.123 e. The van der Waals surface area contributed by atoms with Crippen molar-refractivity contribution < 1.29 is 17.1 Å². The van der Waals surface area contributed by atoms with Gasteiger partial charge in [-0.3, -0.25) is 0 Å². The molecular formula is C19H26O2. The number of benzene rings is 1. The zero-order valence-electron chi connectivity index (χ0n) is 17.6. The molecule has 114 valence electrons. The van der Waals surface area contributed by atoms with Crippen LogP contribution < -0.4 is 0 Å². The van der Waals surface area contributed by atoms with Gasteiger partial charge in [-0.25, -0.2) is 0 Å². The fourth-order valence-corrected chi connectivity index (χ4v) is 3.13. The summed E-state index contributed by atoms with van der Waals surface area (Å²) >= 11 is 0. The maximum Gasteiger partial charge on any atom is 0.123 e. The molecule has 1 aliphatic carbocycles. The lowest BCUT2D eigenvalue weighted by Gasteiger charge is -2.31. The van der Waals surface area contributed by atoms with Gasteiger partial charge in [-0.05, 0) is 56.7 Å². The molecule has 0 saturated carbocycles. The standard InChI is InChI=1S/C19H26O2/c1-5-6-14-10-17(20)19(18(21)11-14)16-9-13(4)7-8-15(16)12(2)3/h9-11,15-16,20-21H,2,5-8H2,1,3-4H3/i2D2,4D3. The lowest BCUT2D eigenvalue weighted by molar-refractivity contribution is 0.406. The maximum atomic E-state index is 10.5. The van der Waals surface area contributed by atoms with Gasteiger partial charge in [0.05, 0.1) is 2.74 Å². The van der Waals surface area contributed by atoms with Crippen LogP contribution in [0, 0.1) is 5.92 Å². The molecule has 0 fully saturated rings. The van der Waals surface area contributed by atoms with Crippen LogP contribution in [0.1, 0.15) is 63.9 Å². The van der Waals surface area contributed by atoms with Crippen molar-refractivity contribution in [1.82, 2.24) is 0 Å². The molecule has 2 nitrogen and oxygen atoms in total.